The van der Waals surface area contributed by atoms with Crippen molar-refractivity contribution in [3.8, 4) is 11.5 Å². The Morgan fingerprint density at radius 2 is 1.75 bits per heavy atom. The smallest absolute Gasteiger partial charge is 0.407 e. The lowest BCUT2D eigenvalue weighted by Gasteiger charge is -2.08. The molecule has 0 aliphatic heterocycles. The lowest BCUT2D eigenvalue weighted by atomic mass is 10.2. The largest absolute Gasteiger partial charge is 0.497 e. The lowest BCUT2D eigenvalue weighted by molar-refractivity contribution is 0.141. The molecule has 0 atom stereocenters. The van der Waals surface area contributed by atoms with Crippen LogP contribution in [0, 0.1) is 0 Å². The molecule has 1 aromatic carbocycles. The van der Waals surface area contributed by atoms with Crippen LogP contribution in [0.5, 0.6) is 11.5 Å². The van der Waals surface area contributed by atoms with Crippen LogP contribution in [0.4, 0.5) is 4.79 Å². The van der Waals surface area contributed by atoms with Crippen molar-refractivity contribution in [1.82, 2.24) is 5.32 Å². The van der Waals surface area contributed by atoms with Crippen molar-refractivity contribution in [1.29, 1.82) is 0 Å². The van der Waals surface area contributed by atoms with E-state index in [-0.39, 0.29) is 6.61 Å². The molecule has 1 aromatic rings. The van der Waals surface area contributed by atoms with Crippen molar-refractivity contribution >= 4 is 6.09 Å². The highest BCUT2D eigenvalue weighted by Gasteiger charge is 2.04. The van der Waals surface area contributed by atoms with Crippen LogP contribution in [0.1, 0.15) is 5.56 Å². The van der Waals surface area contributed by atoms with E-state index in [0.29, 0.717) is 11.5 Å². The molecule has 1 rings (SSSR count). The first-order valence-corrected chi connectivity index (χ1v) is 4.76. The van der Waals surface area contributed by atoms with Gasteiger partial charge in [0.2, 0.25) is 0 Å². The van der Waals surface area contributed by atoms with E-state index < -0.39 is 6.09 Å². The van der Waals surface area contributed by atoms with Crippen LogP contribution in [0.3, 0.4) is 0 Å². The molecule has 0 aromatic heterocycles. The van der Waals surface area contributed by atoms with Crippen LogP contribution < -0.4 is 14.8 Å². The number of nitrogens with one attached hydrogen (secondary N) is 1. The monoisotopic (exact) mass is 225 g/mol. The van der Waals surface area contributed by atoms with Crippen molar-refractivity contribution in [2.24, 2.45) is 0 Å². The van der Waals surface area contributed by atoms with Crippen LogP contribution >= 0.6 is 0 Å². The highest BCUT2D eigenvalue weighted by molar-refractivity contribution is 5.66. The van der Waals surface area contributed by atoms with Crippen molar-refractivity contribution < 1.29 is 19.0 Å². The first kappa shape index (κ1) is 12.2. The van der Waals surface area contributed by atoms with Gasteiger partial charge in [0.05, 0.1) is 14.2 Å². The van der Waals surface area contributed by atoms with Gasteiger partial charge in [0.25, 0.3) is 0 Å². The van der Waals surface area contributed by atoms with Gasteiger partial charge in [-0.3, -0.25) is 0 Å². The average Bonchev–Trinajstić information content (AvgIpc) is 2.35. The molecule has 0 heterocycles. The maximum atomic E-state index is 10.9. The van der Waals surface area contributed by atoms with Crippen LogP contribution in [0.2, 0.25) is 0 Å². The Morgan fingerprint density at radius 1 is 1.19 bits per heavy atom. The van der Waals surface area contributed by atoms with Gasteiger partial charge in [0, 0.05) is 13.1 Å². The number of benzene rings is 1. The third kappa shape index (κ3) is 3.34. The Bertz CT molecular complexity index is 343. The second-order valence-electron chi connectivity index (χ2n) is 3.05. The number of carbonyl (C=O) groups is 1. The summed E-state index contributed by atoms with van der Waals surface area (Å²) in [6.45, 7) is 0.174. The van der Waals surface area contributed by atoms with Crippen molar-refractivity contribution in [3.63, 3.8) is 0 Å². The molecule has 0 fully saturated rings. The average molecular weight is 225 g/mol. The predicted octanol–water partition coefficient (Wildman–Crippen LogP) is 1.56. The van der Waals surface area contributed by atoms with Crippen molar-refractivity contribution in [3.05, 3.63) is 23.8 Å². The number of carbonyl (C=O) groups excluding carboxylic acids is 1. The van der Waals surface area contributed by atoms with Gasteiger partial charge in [-0.15, -0.1) is 0 Å². The van der Waals surface area contributed by atoms with Crippen LogP contribution in [0.15, 0.2) is 18.2 Å². The first-order valence-electron chi connectivity index (χ1n) is 4.76. The van der Waals surface area contributed by atoms with E-state index in [1.54, 1.807) is 32.4 Å². The van der Waals surface area contributed by atoms with Gasteiger partial charge in [-0.05, 0) is 17.7 Å². The van der Waals surface area contributed by atoms with Crippen molar-refractivity contribution in [2.45, 2.75) is 6.61 Å². The molecule has 0 unspecified atom stereocenters. The second-order valence-corrected chi connectivity index (χ2v) is 3.05. The minimum atomic E-state index is -0.471. The van der Waals surface area contributed by atoms with Crippen LogP contribution in [-0.4, -0.2) is 27.4 Å². The minimum Gasteiger partial charge on any atom is -0.497 e. The van der Waals surface area contributed by atoms with E-state index in [1.165, 1.54) is 7.05 Å². The lowest BCUT2D eigenvalue weighted by Crippen LogP contribution is -2.18. The minimum absolute atomic E-state index is 0.174. The molecule has 0 saturated heterocycles. The summed E-state index contributed by atoms with van der Waals surface area (Å²) in [5.41, 5.74) is 0.805. The topological polar surface area (TPSA) is 56.8 Å². The molecule has 0 aliphatic rings. The standard InChI is InChI=1S/C11H15NO4/c1-12-11(13)16-7-8-4-9(14-2)6-10(5-8)15-3/h4-6H,7H2,1-3H3,(H,12,13). The number of hydrogen-bond donors (Lipinski definition) is 1. The van der Waals surface area contributed by atoms with Gasteiger partial charge in [0.15, 0.2) is 0 Å². The predicted molar refractivity (Wildman–Crippen MR) is 58.8 cm³/mol. The summed E-state index contributed by atoms with van der Waals surface area (Å²) in [5, 5.41) is 2.37. The molecule has 16 heavy (non-hydrogen) atoms. The summed E-state index contributed by atoms with van der Waals surface area (Å²) in [6.07, 6.45) is -0.471. The van der Waals surface area contributed by atoms with E-state index >= 15 is 0 Å². The Kier molecular flexibility index (Phi) is 4.44. The molecule has 0 bridgehead atoms. The fraction of sp³-hybridized carbons (Fsp3) is 0.364. The zero-order chi connectivity index (χ0) is 12.0. The normalized spacial score (nSPS) is 9.44. The molecule has 0 spiro atoms. The molecule has 0 saturated carbocycles. The van der Waals surface area contributed by atoms with Gasteiger partial charge in [-0.2, -0.15) is 0 Å². The maximum Gasteiger partial charge on any atom is 0.407 e. The fourth-order valence-corrected chi connectivity index (χ4v) is 1.17. The number of methoxy groups -OCH3 is 2. The molecule has 5 nitrogen and oxygen atoms in total. The number of amides is 1. The Morgan fingerprint density at radius 3 is 2.19 bits per heavy atom. The van der Waals surface area contributed by atoms with Crippen molar-refractivity contribution in [2.75, 3.05) is 21.3 Å². The van der Waals surface area contributed by atoms with Gasteiger partial charge in [0.1, 0.15) is 18.1 Å². The fourth-order valence-electron chi connectivity index (χ4n) is 1.17. The molecule has 0 radical (unpaired) electrons. The van der Waals surface area contributed by atoms with Crippen LogP contribution in [-0.2, 0) is 11.3 Å². The van der Waals surface area contributed by atoms with E-state index in [4.69, 9.17) is 14.2 Å². The van der Waals surface area contributed by atoms with E-state index in [1.807, 2.05) is 0 Å². The second kappa shape index (κ2) is 5.85. The molecular weight excluding hydrogens is 210 g/mol. The zero-order valence-electron chi connectivity index (χ0n) is 9.57. The number of ether oxygens (including phenoxy) is 3. The van der Waals surface area contributed by atoms with Gasteiger partial charge in [-0.25, -0.2) is 4.79 Å². The summed E-state index contributed by atoms with van der Waals surface area (Å²) < 4.78 is 15.1. The number of hydrogen-bond acceptors (Lipinski definition) is 4. The highest BCUT2D eigenvalue weighted by atomic mass is 16.5. The maximum absolute atomic E-state index is 10.9. The van der Waals surface area contributed by atoms with Crippen LogP contribution in [0.25, 0.3) is 0 Å². The molecule has 0 aliphatic carbocycles. The van der Waals surface area contributed by atoms with Gasteiger partial charge >= 0.3 is 6.09 Å². The van der Waals surface area contributed by atoms with Gasteiger partial charge < -0.3 is 19.5 Å². The third-order valence-electron chi connectivity index (χ3n) is 1.99. The molecule has 88 valence electrons. The Hall–Kier alpha value is -1.91. The van der Waals surface area contributed by atoms with Gasteiger partial charge in [-0.1, -0.05) is 0 Å². The summed E-state index contributed by atoms with van der Waals surface area (Å²) >= 11 is 0. The first-order chi connectivity index (χ1) is 7.69. The number of rotatable bonds is 4. The summed E-state index contributed by atoms with van der Waals surface area (Å²) in [6, 6.07) is 5.32. The SMILES string of the molecule is CNC(=O)OCc1cc(OC)cc(OC)c1. The molecule has 1 N–H and O–H groups in total. The molecule has 5 heteroatoms. The quantitative estimate of drug-likeness (QED) is 0.844. The van der Waals surface area contributed by atoms with E-state index in [2.05, 4.69) is 5.32 Å². The molecule has 1 amide bonds. The van der Waals surface area contributed by atoms with E-state index in [0.717, 1.165) is 5.56 Å². The third-order valence-corrected chi connectivity index (χ3v) is 1.99. The zero-order valence-corrected chi connectivity index (χ0v) is 9.57. The molecular formula is C11H15NO4. The summed E-state index contributed by atoms with van der Waals surface area (Å²) in [7, 11) is 4.64. The summed E-state index contributed by atoms with van der Waals surface area (Å²) in [4.78, 5) is 10.9. The van der Waals surface area contributed by atoms with E-state index in [9.17, 15) is 4.79 Å². The number of alkyl carbamates (subject to hydrolysis) is 1. The Labute approximate surface area is 94.3 Å². The summed E-state index contributed by atoms with van der Waals surface area (Å²) in [5.74, 6) is 1.32. The Balaban J connectivity index is 2.74. The highest BCUT2D eigenvalue weighted by Crippen LogP contribution is 2.22.